The van der Waals surface area contributed by atoms with Crippen molar-refractivity contribution in [3.8, 4) is 0 Å². The van der Waals surface area contributed by atoms with Crippen LogP contribution in [-0.4, -0.2) is 6.18 Å². The topological polar surface area (TPSA) is 0 Å². The fourth-order valence-corrected chi connectivity index (χ4v) is 1.89. The van der Waals surface area contributed by atoms with Crippen LogP contribution in [0.5, 0.6) is 0 Å². The smallest absolute Gasteiger partial charge is 0.170 e. The van der Waals surface area contributed by atoms with Gasteiger partial charge in [-0.1, -0.05) is 12.1 Å². The standard InChI is InChI=1S/C10H9F3S/c11-10(12,13)9(4-5-9)7-2-1-3-8(14)6-7/h1-3,6,14H,4-5H2. The third-order valence-corrected chi connectivity index (χ3v) is 2.97. The average molecular weight is 218 g/mol. The number of benzene rings is 1. The summed E-state index contributed by atoms with van der Waals surface area (Å²) in [6, 6.07) is 6.33. The molecule has 0 unspecified atom stereocenters. The molecule has 0 heterocycles. The third kappa shape index (κ3) is 1.41. The van der Waals surface area contributed by atoms with Crippen molar-refractivity contribution in [3.05, 3.63) is 29.8 Å². The van der Waals surface area contributed by atoms with Gasteiger partial charge in [0.1, 0.15) is 0 Å². The van der Waals surface area contributed by atoms with Crippen molar-refractivity contribution in [2.24, 2.45) is 0 Å². The average Bonchev–Trinajstić information content (AvgIpc) is 2.82. The second-order valence-corrected chi connectivity index (χ2v) is 4.15. The SMILES string of the molecule is FC(F)(F)C1(c2cccc(S)c2)CC1. The highest BCUT2D eigenvalue weighted by Crippen LogP contribution is 2.58. The van der Waals surface area contributed by atoms with Gasteiger partial charge >= 0.3 is 6.18 Å². The maximum Gasteiger partial charge on any atom is 0.398 e. The second-order valence-electron chi connectivity index (χ2n) is 3.63. The first-order valence-electron chi connectivity index (χ1n) is 4.32. The summed E-state index contributed by atoms with van der Waals surface area (Å²) in [7, 11) is 0. The van der Waals surface area contributed by atoms with Crippen molar-refractivity contribution in [2.45, 2.75) is 29.3 Å². The minimum Gasteiger partial charge on any atom is -0.170 e. The van der Waals surface area contributed by atoms with Crippen LogP contribution in [0.4, 0.5) is 13.2 Å². The van der Waals surface area contributed by atoms with Gasteiger partial charge in [-0.2, -0.15) is 13.2 Å². The fraction of sp³-hybridized carbons (Fsp3) is 0.400. The van der Waals surface area contributed by atoms with E-state index in [0.29, 0.717) is 10.5 Å². The van der Waals surface area contributed by atoms with Crippen LogP contribution < -0.4 is 0 Å². The molecular weight excluding hydrogens is 209 g/mol. The molecule has 0 nitrogen and oxygen atoms in total. The lowest BCUT2D eigenvalue weighted by atomic mass is 9.95. The maximum atomic E-state index is 12.7. The number of alkyl halides is 3. The summed E-state index contributed by atoms with van der Waals surface area (Å²) < 4.78 is 38.1. The lowest BCUT2D eigenvalue weighted by Gasteiger charge is -2.19. The molecule has 76 valence electrons. The van der Waals surface area contributed by atoms with Gasteiger partial charge in [0.2, 0.25) is 0 Å². The minimum absolute atomic E-state index is 0.202. The van der Waals surface area contributed by atoms with E-state index in [1.165, 1.54) is 12.1 Å². The molecule has 1 aliphatic rings. The van der Waals surface area contributed by atoms with Crippen molar-refractivity contribution >= 4 is 12.6 Å². The van der Waals surface area contributed by atoms with Gasteiger partial charge in [0.05, 0.1) is 5.41 Å². The first-order chi connectivity index (χ1) is 6.46. The van der Waals surface area contributed by atoms with Gasteiger partial charge in [-0.15, -0.1) is 12.6 Å². The molecule has 0 saturated heterocycles. The van der Waals surface area contributed by atoms with Gasteiger partial charge in [0.15, 0.2) is 0 Å². The summed E-state index contributed by atoms with van der Waals surface area (Å²) in [4.78, 5) is 0.582. The van der Waals surface area contributed by atoms with E-state index in [1.54, 1.807) is 12.1 Å². The van der Waals surface area contributed by atoms with Crippen LogP contribution in [-0.2, 0) is 5.41 Å². The van der Waals surface area contributed by atoms with E-state index >= 15 is 0 Å². The Morgan fingerprint density at radius 3 is 2.29 bits per heavy atom. The molecule has 0 aliphatic heterocycles. The molecule has 0 radical (unpaired) electrons. The first kappa shape index (κ1) is 9.90. The van der Waals surface area contributed by atoms with Gasteiger partial charge in [0.25, 0.3) is 0 Å². The molecular formula is C10H9F3S. The van der Waals surface area contributed by atoms with Gasteiger partial charge in [-0.25, -0.2) is 0 Å². The molecule has 0 N–H and O–H groups in total. The summed E-state index contributed by atoms with van der Waals surface area (Å²) >= 11 is 4.04. The van der Waals surface area contributed by atoms with Crippen molar-refractivity contribution in [1.29, 1.82) is 0 Å². The van der Waals surface area contributed by atoms with Crippen LogP contribution in [0.2, 0.25) is 0 Å². The molecule has 0 aromatic heterocycles. The number of thiol groups is 1. The molecule has 1 fully saturated rings. The highest BCUT2D eigenvalue weighted by Gasteiger charge is 2.64. The van der Waals surface area contributed by atoms with Crippen LogP contribution in [0.3, 0.4) is 0 Å². The van der Waals surface area contributed by atoms with Crippen molar-refractivity contribution in [1.82, 2.24) is 0 Å². The van der Waals surface area contributed by atoms with E-state index in [9.17, 15) is 13.2 Å². The molecule has 14 heavy (non-hydrogen) atoms. The summed E-state index contributed by atoms with van der Waals surface area (Å²) in [5.74, 6) is 0. The molecule has 0 spiro atoms. The Kier molecular flexibility index (Phi) is 2.07. The molecule has 0 amide bonds. The molecule has 0 bridgehead atoms. The predicted octanol–water partition coefficient (Wildman–Crippen LogP) is 3.57. The number of hydrogen-bond acceptors (Lipinski definition) is 1. The first-order valence-corrected chi connectivity index (χ1v) is 4.77. The number of halogens is 3. The highest BCUT2D eigenvalue weighted by molar-refractivity contribution is 7.80. The Bertz CT molecular complexity index is 353. The van der Waals surface area contributed by atoms with E-state index < -0.39 is 11.6 Å². The minimum atomic E-state index is -4.13. The Morgan fingerprint density at radius 2 is 1.86 bits per heavy atom. The van der Waals surface area contributed by atoms with Gasteiger partial charge in [-0.3, -0.25) is 0 Å². The highest BCUT2D eigenvalue weighted by atomic mass is 32.1. The van der Waals surface area contributed by atoms with E-state index in [2.05, 4.69) is 12.6 Å². The summed E-state index contributed by atoms with van der Waals surface area (Å²) in [6.45, 7) is 0. The zero-order valence-corrected chi connectivity index (χ0v) is 8.20. The summed E-state index contributed by atoms with van der Waals surface area (Å²) in [5, 5.41) is 0. The van der Waals surface area contributed by atoms with Crippen molar-refractivity contribution in [2.75, 3.05) is 0 Å². The molecule has 4 heteroatoms. The molecule has 1 aromatic carbocycles. The normalized spacial score (nSPS) is 19.4. The predicted molar refractivity (Wildman–Crippen MR) is 50.7 cm³/mol. The number of rotatable bonds is 1. The van der Waals surface area contributed by atoms with Gasteiger partial charge < -0.3 is 0 Å². The Morgan fingerprint density at radius 1 is 1.21 bits per heavy atom. The van der Waals surface area contributed by atoms with E-state index in [1.807, 2.05) is 0 Å². The fourth-order valence-electron chi connectivity index (χ4n) is 1.66. The third-order valence-electron chi connectivity index (χ3n) is 2.69. The molecule has 1 aromatic rings. The second kappa shape index (κ2) is 2.92. The van der Waals surface area contributed by atoms with E-state index in [0.717, 1.165) is 0 Å². The van der Waals surface area contributed by atoms with Crippen LogP contribution in [0.15, 0.2) is 29.2 Å². The summed E-state index contributed by atoms with van der Waals surface area (Å²) in [6.07, 6.45) is -3.73. The zero-order chi connectivity index (χ0) is 10.4. The van der Waals surface area contributed by atoms with Crippen molar-refractivity contribution in [3.63, 3.8) is 0 Å². The van der Waals surface area contributed by atoms with Crippen LogP contribution in [0, 0.1) is 0 Å². The van der Waals surface area contributed by atoms with Gasteiger partial charge in [-0.05, 0) is 30.5 Å². The van der Waals surface area contributed by atoms with Crippen LogP contribution in [0.25, 0.3) is 0 Å². The maximum absolute atomic E-state index is 12.7. The Hall–Kier alpha value is -0.640. The van der Waals surface area contributed by atoms with Gasteiger partial charge in [0, 0.05) is 4.90 Å². The zero-order valence-electron chi connectivity index (χ0n) is 7.30. The number of hydrogen-bond donors (Lipinski definition) is 1. The Labute approximate surface area is 85.5 Å². The van der Waals surface area contributed by atoms with Crippen LogP contribution >= 0.6 is 12.6 Å². The largest absolute Gasteiger partial charge is 0.398 e. The molecule has 1 saturated carbocycles. The summed E-state index contributed by atoms with van der Waals surface area (Å²) in [5.41, 5.74) is -1.23. The van der Waals surface area contributed by atoms with Crippen molar-refractivity contribution < 1.29 is 13.2 Å². The lowest BCUT2D eigenvalue weighted by molar-refractivity contribution is -0.160. The molecule has 1 aliphatic carbocycles. The molecule has 0 atom stereocenters. The Balaban J connectivity index is 2.41. The quantitative estimate of drug-likeness (QED) is 0.684. The van der Waals surface area contributed by atoms with E-state index in [4.69, 9.17) is 0 Å². The van der Waals surface area contributed by atoms with Crippen LogP contribution in [0.1, 0.15) is 18.4 Å². The van der Waals surface area contributed by atoms with E-state index in [-0.39, 0.29) is 12.8 Å². The monoisotopic (exact) mass is 218 g/mol. The lowest BCUT2D eigenvalue weighted by Crippen LogP contribution is -2.28. The molecule has 2 rings (SSSR count).